The molecule has 1 aliphatic carbocycles. The van der Waals surface area contributed by atoms with Gasteiger partial charge in [-0.1, -0.05) is 49.4 Å². The molecule has 0 radical (unpaired) electrons. The zero-order valence-electron chi connectivity index (χ0n) is 17.6. The molecule has 0 heterocycles. The minimum atomic E-state index is -0.336. The zero-order valence-corrected chi connectivity index (χ0v) is 17.6. The lowest BCUT2D eigenvalue weighted by Gasteiger charge is -2.23. The van der Waals surface area contributed by atoms with Gasteiger partial charge in [0.2, 0.25) is 5.91 Å². The monoisotopic (exact) mass is 407 g/mol. The summed E-state index contributed by atoms with van der Waals surface area (Å²) >= 11 is 0. The number of hydrogen-bond acceptors (Lipinski definition) is 4. The van der Waals surface area contributed by atoms with Crippen LogP contribution in [-0.4, -0.2) is 36.0 Å². The highest BCUT2D eigenvalue weighted by Gasteiger charge is 2.33. The summed E-state index contributed by atoms with van der Waals surface area (Å²) in [7, 11) is 0. The van der Waals surface area contributed by atoms with Gasteiger partial charge in [0.25, 0.3) is 0 Å². The molecule has 1 fully saturated rings. The second-order valence-electron chi connectivity index (χ2n) is 7.55. The molecule has 0 saturated heterocycles. The maximum absolute atomic E-state index is 12.8. The number of nitrogens with zero attached hydrogens (tertiary/aromatic N) is 1. The van der Waals surface area contributed by atoms with Gasteiger partial charge in [0.1, 0.15) is 12.4 Å². The molecule has 0 N–H and O–H groups in total. The van der Waals surface area contributed by atoms with Crippen molar-refractivity contribution in [2.75, 3.05) is 13.2 Å². The van der Waals surface area contributed by atoms with Gasteiger partial charge in [0.15, 0.2) is 0 Å². The van der Waals surface area contributed by atoms with E-state index in [1.807, 2.05) is 54.6 Å². The second-order valence-corrected chi connectivity index (χ2v) is 7.55. The average molecular weight is 408 g/mol. The van der Waals surface area contributed by atoms with Gasteiger partial charge in [0.05, 0.1) is 12.5 Å². The second kappa shape index (κ2) is 10.6. The normalized spacial score (nSPS) is 14.3. The summed E-state index contributed by atoms with van der Waals surface area (Å²) in [6.45, 7) is 4.82. The van der Waals surface area contributed by atoms with Gasteiger partial charge in [-0.15, -0.1) is 0 Å². The zero-order chi connectivity index (χ0) is 21.3. The van der Waals surface area contributed by atoms with E-state index in [-0.39, 0.29) is 23.8 Å². The first-order valence-corrected chi connectivity index (χ1v) is 10.5. The molecule has 1 atom stereocenters. The van der Waals surface area contributed by atoms with Crippen molar-refractivity contribution in [3.63, 3.8) is 0 Å². The number of ether oxygens (including phenoxy) is 2. The summed E-state index contributed by atoms with van der Waals surface area (Å²) in [5.74, 6) is 0.0773. The van der Waals surface area contributed by atoms with Gasteiger partial charge in [0, 0.05) is 18.7 Å². The Bertz CT molecular complexity index is 874. The first kappa shape index (κ1) is 21.6. The molecule has 3 rings (SSSR count). The van der Waals surface area contributed by atoms with Crippen LogP contribution in [0.5, 0.6) is 5.75 Å². The van der Waals surface area contributed by atoms with E-state index in [2.05, 4.69) is 0 Å². The van der Waals surface area contributed by atoms with Crippen LogP contribution < -0.4 is 4.74 Å². The molecular weight excluding hydrogens is 378 g/mol. The lowest BCUT2D eigenvalue weighted by atomic mass is 10.1. The van der Waals surface area contributed by atoms with Gasteiger partial charge < -0.3 is 14.4 Å². The van der Waals surface area contributed by atoms with Crippen molar-refractivity contribution >= 4 is 18.0 Å². The van der Waals surface area contributed by atoms with E-state index in [4.69, 9.17) is 9.47 Å². The number of carbonyl (C=O) groups excluding carboxylic acids is 2. The molecule has 1 saturated carbocycles. The van der Waals surface area contributed by atoms with Gasteiger partial charge in [-0.2, -0.15) is 0 Å². The summed E-state index contributed by atoms with van der Waals surface area (Å²) < 4.78 is 10.9. The van der Waals surface area contributed by atoms with E-state index in [0.29, 0.717) is 19.8 Å². The molecule has 1 aliphatic rings. The summed E-state index contributed by atoms with van der Waals surface area (Å²) in [6, 6.07) is 17.9. The molecule has 2 aromatic rings. The highest BCUT2D eigenvalue weighted by atomic mass is 16.5. The molecular formula is C25H29NO4. The van der Waals surface area contributed by atoms with E-state index in [9.17, 15) is 9.59 Å². The number of rotatable bonds is 10. The summed E-state index contributed by atoms with van der Waals surface area (Å²) in [4.78, 5) is 26.5. The van der Waals surface area contributed by atoms with E-state index >= 15 is 0 Å². The summed E-state index contributed by atoms with van der Waals surface area (Å²) in [6.07, 6.45) is 5.34. The van der Waals surface area contributed by atoms with Crippen LogP contribution in [0.15, 0.2) is 60.7 Å². The van der Waals surface area contributed by atoms with Gasteiger partial charge in [-0.3, -0.25) is 9.59 Å². The predicted octanol–water partition coefficient (Wildman–Crippen LogP) is 4.47. The number of amides is 1. The Morgan fingerprint density at radius 1 is 1.13 bits per heavy atom. The van der Waals surface area contributed by atoms with Crippen LogP contribution in [0, 0.1) is 5.92 Å². The van der Waals surface area contributed by atoms with Crippen LogP contribution in [0.2, 0.25) is 0 Å². The van der Waals surface area contributed by atoms with E-state index in [0.717, 1.165) is 29.7 Å². The average Bonchev–Trinajstić information content (AvgIpc) is 3.60. The number of carbonyl (C=O) groups is 2. The molecule has 5 nitrogen and oxygen atoms in total. The largest absolute Gasteiger partial charge is 0.489 e. The van der Waals surface area contributed by atoms with E-state index in [1.54, 1.807) is 30.9 Å². The number of hydrogen-bond donors (Lipinski definition) is 0. The third-order valence-corrected chi connectivity index (χ3v) is 4.96. The predicted molar refractivity (Wildman–Crippen MR) is 117 cm³/mol. The smallest absolute Gasteiger partial charge is 0.310 e. The van der Waals surface area contributed by atoms with Crippen LogP contribution in [-0.2, 0) is 20.9 Å². The van der Waals surface area contributed by atoms with Crippen molar-refractivity contribution in [2.45, 2.75) is 39.3 Å². The summed E-state index contributed by atoms with van der Waals surface area (Å²) in [5, 5.41) is 0. The Balaban J connectivity index is 1.59. The molecule has 5 heteroatoms. The highest BCUT2D eigenvalue weighted by Crippen LogP contribution is 2.28. The molecule has 1 amide bonds. The Labute approximate surface area is 178 Å². The third kappa shape index (κ3) is 6.48. The molecule has 0 bridgehead atoms. The fourth-order valence-electron chi connectivity index (χ4n) is 3.17. The molecule has 30 heavy (non-hydrogen) atoms. The van der Waals surface area contributed by atoms with Crippen molar-refractivity contribution in [2.24, 2.45) is 5.92 Å². The van der Waals surface area contributed by atoms with Crippen molar-refractivity contribution < 1.29 is 19.1 Å². The van der Waals surface area contributed by atoms with E-state index in [1.165, 1.54) is 0 Å². The molecule has 0 aliphatic heterocycles. The van der Waals surface area contributed by atoms with Crippen molar-refractivity contribution in [3.8, 4) is 5.75 Å². The van der Waals surface area contributed by atoms with Gasteiger partial charge in [-0.05, 0) is 49.1 Å². The van der Waals surface area contributed by atoms with Gasteiger partial charge >= 0.3 is 5.97 Å². The van der Waals surface area contributed by atoms with Crippen LogP contribution in [0.1, 0.15) is 37.8 Å². The Hall–Kier alpha value is -3.08. The lowest BCUT2D eigenvalue weighted by Crippen LogP contribution is -2.38. The van der Waals surface area contributed by atoms with E-state index < -0.39 is 0 Å². The van der Waals surface area contributed by atoms with Crippen LogP contribution >= 0.6 is 0 Å². The number of benzene rings is 2. The van der Waals surface area contributed by atoms with Crippen molar-refractivity contribution in [3.05, 3.63) is 71.8 Å². The van der Waals surface area contributed by atoms with Crippen molar-refractivity contribution in [1.29, 1.82) is 0 Å². The molecule has 2 aromatic carbocycles. The highest BCUT2D eigenvalue weighted by molar-refractivity contribution is 5.92. The quantitative estimate of drug-likeness (QED) is 0.431. The standard InChI is InChI=1S/C25H29NO4/c1-3-29-25(28)19(2)17-26(22-13-14-22)24(27)15-12-20-10-7-11-23(16-20)30-18-21-8-5-4-6-9-21/h4-12,15-16,19,22H,3,13-14,17-18H2,1-2H3/b15-12+. The van der Waals surface area contributed by atoms with Gasteiger partial charge in [-0.25, -0.2) is 0 Å². The Morgan fingerprint density at radius 2 is 1.90 bits per heavy atom. The van der Waals surface area contributed by atoms with Crippen LogP contribution in [0.4, 0.5) is 0 Å². The summed E-state index contributed by atoms with van der Waals surface area (Å²) in [5.41, 5.74) is 1.99. The first-order valence-electron chi connectivity index (χ1n) is 10.5. The molecule has 1 unspecified atom stereocenters. The SMILES string of the molecule is CCOC(=O)C(C)CN(C(=O)/C=C/c1cccc(OCc2ccccc2)c1)C1CC1. The fourth-order valence-corrected chi connectivity index (χ4v) is 3.17. The van der Waals surface area contributed by atoms with Crippen LogP contribution in [0.3, 0.4) is 0 Å². The first-order chi connectivity index (χ1) is 14.6. The lowest BCUT2D eigenvalue weighted by molar-refractivity contribution is -0.148. The number of esters is 1. The minimum absolute atomic E-state index is 0.0794. The Morgan fingerprint density at radius 3 is 2.60 bits per heavy atom. The van der Waals surface area contributed by atoms with Crippen LogP contribution in [0.25, 0.3) is 6.08 Å². The molecule has 158 valence electrons. The Kier molecular flexibility index (Phi) is 7.66. The minimum Gasteiger partial charge on any atom is -0.489 e. The van der Waals surface area contributed by atoms with Crippen molar-refractivity contribution in [1.82, 2.24) is 4.90 Å². The molecule has 0 aromatic heterocycles. The maximum atomic E-state index is 12.8. The fraction of sp³-hybridized carbons (Fsp3) is 0.360. The maximum Gasteiger partial charge on any atom is 0.310 e. The third-order valence-electron chi connectivity index (χ3n) is 4.96. The topological polar surface area (TPSA) is 55.8 Å². The molecule has 0 spiro atoms.